The molecule has 1 unspecified atom stereocenters. The van der Waals surface area contributed by atoms with Gasteiger partial charge in [-0.25, -0.2) is 9.97 Å². The molecule has 22 heavy (non-hydrogen) atoms. The molecule has 5 nitrogen and oxygen atoms in total. The predicted molar refractivity (Wildman–Crippen MR) is 85.9 cm³/mol. The summed E-state index contributed by atoms with van der Waals surface area (Å²) in [6, 6.07) is 0. The molecule has 1 aromatic heterocycles. The molecule has 1 aliphatic rings. The first-order valence-electron chi connectivity index (χ1n) is 8.21. The van der Waals surface area contributed by atoms with Crippen LogP contribution in [0.5, 0.6) is 0 Å². The van der Waals surface area contributed by atoms with Crippen molar-refractivity contribution in [2.24, 2.45) is 5.92 Å². The number of hydrogen-bond donors (Lipinski definition) is 0. The van der Waals surface area contributed by atoms with E-state index >= 15 is 0 Å². The quantitative estimate of drug-likeness (QED) is 0.839. The highest BCUT2D eigenvalue weighted by Crippen LogP contribution is 2.23. The van der Waals surface area contributed by atoms with Gasteiger partial charge >= 0.3 is 0 Å². The van der Waals surface area contributed by atoms with E-state index in [1.165, 1.54) is 19.2 Å². The number of aromatic nitrogens is 2. The number of nitrogens with zero attached hydrogens (tertiary/aromatic N) is 3. The van der Waals surface area contributed by atoms with Crippen molar-refractivity contribution in [3.05, 3.63) is 23.8 Å². The summed E-state index contributed by atoms with van der Waals surface area (Å²) in [6.45, 7) is 6.52. The van der Waals surface area contributed by atoms with Crippen molar-refractivity contribution in [2.75, 3.05) is 26.8 Å². The molecule has 2 heterocycles. The minimum Gasteiger partial charge on any atom is -0.385 e. The molecule has 0 saturated carbocycles. The van der Waals surface area contributed by atoms with E-state index in [-0.39, 0.29) is 11.8 Å². The highest BCUT2D eigenvalue weighted by molar-refractivity contribution is 5.95. The lowest BCUT2D eigenvalue weighted by atomic mass is 9.99. The molecule has 1 amide bonds. The summed E-state index contributed by atoms with van der Waals surface area (Å²) in [5.41, 5.74) is 1.50. The maximum absolute atomic E-state index is 12.9. The largest absolute Gasteiger partial charge is 0.385 e. The van der Waals surface area contributed by atoms with Crippen molar-refractivity contribution in [3.8, 4) is 0 Å². The van der Waals surface area contributed by atoms with E-state index in [0.717, 1.165) is 38.2 Å². The van der Waals surface area contributed by atoms with Crippen LogP contribution in [-0.2, 0) is 4.74 Å². The zero-order chi connectivity index (χ0) is 15.9. The number of amides is 1. The summed E-state index contributed by atoms with van der Waals surface area (Å²) >= 11 is 0. The normalized spacial score (nSPS) is 19.3. The lowest BCUT2D eigenvalue weighted by Crippen LogP contribution is -2.35. The molecule has 1 aliphatic heterocycles. The van der Waals surface area contributed by atoms with Crippen molar-refractivity contribution in [2.45, 2.75) is 45.4 Å². The van der Waals surface area contributed by atoms with Crippen LogP contribution in [0.4, 0.5) is 0 Å². The van der Waals surface area contributed by atoms with Gasteiger partial charge in [-0.05, 0) is 31.1 Å². The molecule has 0 bridgehead atoms. The summed E-state index contributed by atoms with van der Waals surface area (Å²) < 4.78 is 5.19. The molecule has 0 spiro atoms. The lowest BCUT2D eigenvalue weighted by Gasteiger charge is -2.25. The van der Waals surface area contributed by atoms with E-state index in [1.807, 2.05) is 4.90 Å². The number of rotatable bonds is 5. The lowest BCUT2D eigenvalue weighted by molar-refractivity contribution is 0.0725. The number of likely N-dealkylation sites (tertiary alicyclic amines) is 1. The van der Waals surface area contributed by atoms with Crippen LogP contribution in [0.15, 0.2) is 12.5 Å². The molecule has 0 aromatic carbocycles. The van der Waals surface area contributed by atoms with E-state index in [9.17, 15) is 4.79 Å². The van der Waals surface area contributed by atoms with Gasteiger partial charge in [-0.3, -0.25) is 4.79 Å². The van der Waals surface area contributed by atoms with Gasteiger partial charge < -0.3 is 9.64 Å². The third-order valence-corrected chi connectivity index (χ3v) is 4.31. The van der Waals surface area contributed by atoms with Crippen molar-refractivity contribution in [3.63, 3.8) is 0 Å². The molecule has 1 fully saturated rings. The van der Waals surface area contributed by atoms with Gasteiger partial charge in [0.05, 0.1) is 11.3 Å². The molecule has 0 aliphatic carbocycles. The maximum atomic E-state index is 12.9. The summed E-state index contributed by atoms with van der Waals surface area (Å²) in [7, 11) is 1.73. The van der Waals surface area contributed by atoms with Crippen LogP contribution < -0.4 is 0 Å². The zero-order valence-corrected chi connectivity index (χ0v) is 13.9. The predicted octanol–water partition coefficient (Wildman–Crippen LogP) is 2.88. The van der Waals surface area contributed by atoms with Crippen LogP contribution in [0, 0.1) is 5.92 Å². The summed E-state index contributed by atoms with van der Waals surface area (Å²) in [6.07, 6.45) is 7.63. The Balaban J connectivity index is 2.13. The fourth-order valence-electron chi connectivity index (χ4n) is 3.07. The standard InChI is InChI=1S/C17H27N3O2/c1-13(2)16-15(10-18-12-19-16)17(21)20-8-5-4-6-14(11-20)7-9-22-3/h10,12-14H,4-9,11H2,1-3H3. The Labute approximate surface area is 133 Å². The number of carbonyl (C=O) groups is 1. The van der Waals surface area contributed by atoms with E-state index < -0.39 is 0 Å². The first-order chi connectivity index (χ1) is 10.6. The second kappa shape index (κ2) is 8.22. The van der Waals surface area contributed by atoms with E-state index in [2.05, 4.69) is 23.8 Å². The van der Waals surface area contributed by atoms with Crippen LogP contribution >= 0.6 is 0 Å². The zero-order valence-electron chi connectivity index (χ0n) is 13.9. The Kier molecular flexibility index (Phi) is 6.31. The van der Waals surface area contributed by atoms with Crippen LogP contribution in [0.25, 0.3) is 0 Å². The topological polar surface area (TPSA) is 55.3 Å². The van der Waals surface area contributed by atoms with Crippen molar-refractivity contribution in [1.29, 1.82) is 0 Å². The molecule has 1 atom stereocenters. The molecular weight excluding hydrogens is 278 g/mol. The average Bonchev–Trinajstić information content (AvgIpc) is 2.77. The number of carbonyl (C=O) groups excluding carboxylic acids is 1. The number of hydrogen-bond acceptors (Lipinski definition) is 4. The first kappa shape index (κ1) is 16.9. The summed E-state index contributed by atoms with van der Waals surface area (Å²) in [4.78, 5) is 23.3. The molecule has 0 N–H and O–H groups in total. The van der Waals surface area contributed by atoms with Crippen molar-refractivity contribution < 1.29 is 9.53 Å². The second-order valence-electron chi connectivity index (χ2n) is 6.37. The Morgan fingerprint density at radius 1 is 1.45 bits per heavy atom. The molecule has 1 aromatic rings. The Bertz CT molecular complexity index is 491. The number of ether oxygens (including phenoxy) is 1. The monoisotopic (exact) mass is 305 g/mol. The van der Waals surface area contributed by atoms with Crippen LogP contribution in [0.1, 0.15) is 61.5 Å². The molecule has 5 heteroatoms. The Morgan fingerprint density at radius 3 is 3.00 bits per heavy atom. The fraction of sp³-hybridized carbons (Fsp3) is 0.706. The SMILES string of the molecule is COCCC1CCCCN(C(=O)c2cncnc2C(C)C)C1. The molecular formula is C17H27N3O2. The summed E-state index contributed by atoms with van der Waals surface area (Å²) in [5, 5.41) is 0. The molecule has 122 valence electrons. The van der Waals surface area contributed by atoms with Crippen LogP contribution in [-0.4, -0.2) is 47.6 Å². The van der Waals surface area contributed by atoms with Crippen molar-refractivity contribution in [1.82, 2.24) is 14.9 Å². The summed E-state index contributed by atoms with van der Waals surface area (Å²) in [5.74, 6) is 0.824. The van der Waals surface area contributed by atoms with Crippen LogP contribution in [0.2, 0.25) is 0 Å². The minimum atomic E-state index is 0.0774. The van der Waals surface area contributed by atoms with E-state index in [0.29, 0.717) is 11.5 Å². The first-order valence-corrected chi connectivity index (χ1v) is 8.21. The average molecular weight is 305 g/mol. The van der Waals surface area contributed by atoms with Crippen molar-refractivity contribution >= 4 is 5.91 Å². The van der Waals surface area contributed by atoms with Gasteiger partial charge in [0.25, 0.3) is 5.91 Å². The van der Waals surface area contributed by atoms with E-state index in [1.54, 1.807) is 13.3 Å². The van der Waals surface area contributed by atoms with Gasteiger partial charge in [0.15, 0.2) is 0 Å². The van der Waals surface area contributed by atoms with Gasteiger partial charge in [0.2, 0.25) is 0 Å². The highest BCUT2D eigenvalue weighted by Gasteiger charge is 2.25. The molecule has 0 radical (unpaired) electrons. The number of methoxy groups -OCH3 is 1. The fourth-order valence-corrected chi connectivity index (χ4v) is 3.07. The van der Waals surface area contributed by atoms with Gasteiger partial charge in [0, 0.05) is 33.0 Å². The van der Waals surface area contributed by atoms with Crippen LogP contribution in [0.3, 0.4) is 0 Å². The molecule has 1 saturated heterocycles. The van der Waals surface area contributed by atoms with Gasteiger partial charge in [-0.1, -0.05) is 20.3 Å². The molecule has 2 rings (SSSR count). The van der Waals surface area contributed by atoms with Gasteiger partial charge in [0.1, 0.15) is 6.33 Å². The second-order valence-corrected chi connectivity index (χ2v) is 6.37. The third kappa shape index (κ3) is 4.26. The Morgan fingerprint density at radius 2 is 2.27 bits per heavy atom. The minimum absolute atomic E-state index is 0.0774. The highest BCUT2D eigenvalue weighted by atomic mass is 16.5. The Hall–Kier alpha value is -1.49. The van der Waals surface area contributed by atoms with E-state index in [4.69, 9.17) is 4.74 Å². The smallest absolute Gasteiger partial charge is 0.257 e. The van der Waals surface area contributed by atoms with Gasteiger partial charge in [-0.15, -0.1) is 0 Å². The van der Waals surface area contributed by atoms with Gasteiger partial charge in [-0.2, -0.15) is 0 Å². The maximum Gasteiger partial charge on any atom is 0.257 e. The third-order valence-electron chi connectivity index (χ3n) is 4.31.